The number of sulfonamides is 1. The highest BCUT2D eigenvalue weighted by Gasteiger charge is 2.43. The van der Waals surface area contributed by atoms with E-state index in [0.717, 1.165) is 5.56 Å². The average molecular weight is 603 g/mol. The maximum absolute atomic E-state index is 14.0. The first-order valence-corrected chi connectivity index (χ1v) is 14.7. The van der Waals surface area contributed by atoms with Crippen LogP contribution in [0.2, 0.25) is 10.0 Å². The number of halogens is 2. The minimum atomic E-state index is -4.25. The molecule has 1 heterocycles. The summed E-state index contributed by atoms with van der Waals surface area (Å²) in [5.41, 5.74) is 0.664. The van der Waals surface area contributed by atoms with Gasteiger partial charge < -0.3 is 10.2 Å². The fourth-order valence-electron chi connectivity index (χ4n) is 4.44. The van der Waals surface area contributed by atoms with E-state index in [1.807, 2.05) is 51.1 Å². The van der Waals surface area contributed by atoms with Crippen molar-refractivity contribution in [2.24, 2.45) is 0 Å². The van der Waals surface area contributed by atoms with Crippen molar-refractivity contribution in [3.05, 3.63) is 99.5 Å². The first-order chi connectivity index (χ1) is 18.8. The van der Waals surface area contributed by atoms with Gasteiger partial charge in [0.1, 0.15) is 17.5 Å². The molecule has 210 valence electrons. The second kappa shape index (κ2) is 11.6. The number of amides is 3. The molecule has 0 saturated heterocycles. The molecule has 40 heavy (non-hydrogen) atoms. The Bertz CT molecular complexity index is 1560. The molecule has 1 aliphatic heterocycles. The molecule has 0 radical (unpaired) electrons. The van der Waals surface area contributed by atoms with Crippen LogP contribution in [-0.2, 0) is 32.6 Å². The molecule has 0 saturated carbocycles. The molecule has 4 rings (SSSR count). The standard InChI is InChI=1S/C29H29Cl2N3O5S/c1-29(2,3)32-27(36)24(15-19-9-5-4-6-10-19)33(17-20-13-14-21(30)16-23(20)31)26(35)18-34-28(37)22-11-7-8-12-25(22)40(34,38)39/h4-14,16,24H,15,17-18H2,1-3H3,(H,32,36)/t24-/m0/s1. The Balaban J connectivity index is 1.75. The number of fused-ring (bicyclic) bond motifs is 1. The summed E-state index contributed by atoms with van der Waals surface area (Å²) >= 11 is 12.5. The van der Waals surface area contributed by atoms with Gasteiger partial charge in [0.25, 0.3) is 15.9 Å². The van der Waals surface area contributed by atoms with Crippen molar-refractivity contribution < 1.29 is 22.8 Å². The molecule has 8 nitrogen and oxygen atoms in total. The number of hydrogen-bond donors (Lipinski definition) is 1. The van der Waals surface area contributed by atoms with Crippen LogP contribution in [0.5, 0.6) is 0 Å². The van der Waals surface area contributed by atoms with Gasteiger partial charge in [-0.2, -0.15) is 0 Å². The molecular formula is C29H29Cl2N3O5S. The fraction of sp³-hybridized carbons (Fsp3) is 0.276. The van der Waals surface area contributed by atoms with Gasteiger partial charge in [-0.15, -0.1) is 0 Å². The Labute approximate surface area is 243 Å². The molecule has 0 spiro atoms. The fourth-order valence-corrected chi connectivity index (χ4v) is 6.43. The lowest BCUT2D eigenvalue weighted by Gasteiger charge is -2.34. The summed E-state index contributed by atoms with van der Waals surface area (Å²) in [5.74, 6) is -1.97. The highest BCUT2D eigenvalue weighted by atomic mass is 35.5. The van der Waals surface area contributed by atoms with Gasteiger partial charge in [0.15, 0.2) is 0 Å². The maximum Gasteiger partial charge on any atom is 0.269 e. The topological polar surface area (TPSA) is 104 Å². The molecule has 1 N–H and O–H groups in total. The number of nitrogens with one attached hydrogen (secondary N) is 1. The number of benzene rings is 3. The Morgan fingerprint density at radius 2 is 1.62 bits per heavy atom. The van der Waals surface area contributed by atoms with Crippen LogP contribution < -0.4 is 5.32 Å². The summed E-state index contributed by atoms with van der Waals surface area (Å²) < 4.78 is 27.0. The van der Waals surface area contributed by atoms with E-state index in [1.165, 1.54) is 29.2 Å². The van der Waals surface area contributed by atoms with Crippen LogP contribution in [0.3, 0.4) is 0 Å². The molecule has 3 aromatic carbocycles. The molecular weight excluding hydrogens is 573 g/mol. The molecule has 11 heteroatoms. The molecule has 0 aliphatic carbocycles. The Kier molecular flexibility index (Phi) is 8.58. The zero-order valence-corrected chi connectivity index (χ0v) is 24.6. The third-order valence-electron chi connectivity index (χ3n) is 6.32. The van der Waals surface area contributed by atoms with Crippen molar-refractivity contribution in [1.29, 1.82) is 0 Å². The zero-order chi connectivity index (χ0) is 29.2. The summed E-state index contributed by atoms with van der Waals surface area (Å²) in [4.78, 5) is 41.9. The second-order valence-corrected chi connectivity index (χ2v) is 13.2. The van der Waals surface area contributed by atoms with E-state index < -0.39 is 45.9 Å². The monoisotopic (exact) mass is 601 g/mol. The molecule has 0 bridgehead atoms. The lowest BCUT2D eigenvalue weighted by Crippen LogP contribution is -2.56. The van der Waals surface area contributed by atoms with Gasteiger partial charge >= 0.3 is 0 Å². The van der Waals surface area contributed by atoms with E-state index in [2.05, 4.69) is 5.32 Å². The number of hydrogen-bond acceptors (Lipinski definition) is 5. The number of carbonyl (C=O) groups excluding carboxylic acids is 3. The van der Waals surface area contributed by atoms with E-state index in [9.17, 15) is 22.8 Å². The predicted octanol–water partition coefficient (Wildman–Crippen LogP) is 4.69. The van der Waals surface area contributed by atoms with Gasteiger partial charge in [0.05, 0.1) is 5.56 Å². The Morgan fingerprint density at radius 3 is 2.25 bits per heavy atom. The second-order valence-electron chi connectivity index (χ2n) is 10.5. The molecule has 1 atom stereocenters. The van der Waals surface area contributed by atoms with Crippen molar-refractivity contribution in [2.75, 3.05) is 6.54 Å². The molecule has 0 fully saturated rings. The summed E-state index contributed by atoms with van der Waals surface area (Å²) in [6.45, 7) is 4.55. The van der Waals surface area contributed by atoms with Crippen molar-refractivity contribution in [1.82, 2.24) is 14.5 Å². The largest absolute Gasteiger partial charge is 0.350 e. The minimum Gasteiger partial charge on any atom is -0.350 e. The Hall–Kier alpha value is -3.40. The van der Waals surface area contributed by atoms with Crippen LogP contribution in [0.25, 0.3) is 0 Å². The van der Waals surface area contributed by atoms with Crippen LogP contribution in [-0.4, -0.2) is 53.5 Å². The molecule has 0 aromatic heterocycles. The molecule has 3 amide bonds. The summed E-state index contributed by atoms with van der Waals surface area (Å²) in [6.07, 6.45) is 0.140. The van der Waals surface area contributed by atoms with Crippen molar-refractivity contribution in [3.8, 4) is 0 Å². The first kappa shape index (κ1) is 29.6. The van der Waals surface area contributed by atoms with E-state index in [0.29, 0.717) is 14.9 Å². The van der Waals surface area contributed by atoms with Gasteiger partial charge in [0, 0.05) is 28.5 Å². The van der Waals surface area contributed by atoms with E-state index in [-0.39, 0.29) is 28.4 Å². The van der Waals surface area contributed by atoms with Crippen LogP contribution in [0.15, 0.2) is 77.7 Å². The quantitative estimate of drug-likeness (QED) is 0.403. The average Bonchev–Trinajstić information content (AvgIpc) is 3.07. The molecule has 0 unspecified atom stereocenters. The van der Waals surface area contributed by atoms with E-state index in [4.69, 9.17) is 23.2 Å². The zero-order valence-electron chi connectivity index (χ0n) is 22.2. The third kappa shape index (κ3) is 6.49. The molecule has 3 aromatic rings. The lowest BCUT2D eigenvalue weighted by molar-refractivity contribution is -0.141. The highest BCUT2D eigenvalue weighted by Crippen LogP contribution is 2.30. The summed E-state index contributed by atoms with van der Waals surface area (Å²) in [5, 5.41) is 3.60. The highest BCUT2D eigenvalue weighted by molar-refractivity contribution is 7.90. The first-order valence-electron chi connectivity index (χ1n) is 12.5. The van der Waals surface area contributed by atoms with Gasteiger partial charge in [0.2, 0.25) is 11.8 Å². The van der Waals surface area contributed by atoms with Crippen LogP contribution >= 0.6 is 23.2 Å². The number of nitrogens with zero attached hydrogens (tertiary/aromatic N) is 2. The number of rotatable bonds is 8. The minimum absolute atomic E-state index is 0.00564. The molecule has 1 aliphatic rings. The smallest absolute Gasteiger partial charge is 0.269 e. The van der Waals surface area contributed by atoms with Gasteiger partial charge in [-0.1, -0.05) is 71.7 Å². The van der Waals surface area contributed by atoms with Crippen LogP contribution in [0.1, 0.15) is 42.3 Å². The van der Waals surface area contributed by atoms with Crippen LogP contribution in [0.4, 0.5) is 0 Å². The summed E-state index contributed by atoms with van der Waals surface area (Å²) in [6, 6.07) is 18.7. The van der Waals surface area contributed by atoms with E-state index in [1.54, 1.807) is 18.2 Å². The van der Waals surface area contributed by atoms with E-state index >= 15 is 0 Å². The van der Waals surface area contributed by atoms with Crippen molar-refractivity contribution in [3.63, 3.8) is 0 Å². The predicted molar refractivity (Wildman–Crippen MR) is 154 cm³/mol. The third-order valence-corrected chi connectivity index (χ3v) is 8.69. The van der Waals surface area contributed by atoms with Gasteiger partial charge in [-0.05, 0) is 56.2 Å². The maximum atomic E-state index is 14.0. The summed E-state index contributed by atoms with van der Waals surface area (Å²) in [7, 11) is -4.25. The van der Waals surface area contributed by atoms with Gasteiger partial charge in [-0.3, -0.25) is 14.4 Å². The normalized spacial score (nSPS) is 14.9. The van der Waals surface area contributed by atoms with Crippen molar-refractivity contribution in [2.45, 2.75) is 50.2 Å². The lowest BCUT2D eigenvalue weighted by atomic mass is 10.0. The number of carbonyl (C=O) groups is 3. The Morgan fingerprint density at radius 1 is 0.975 bits per heavy atom. The van der Waals surface area contributed by atoms with Crippen LogP contribution in [0, 0.1) is 0 Å². The SMILES string of the molecule is CC(C)(C)NC(=O)[C@H](Cc1ccccc1)N(Cc1ccc(Cl)cc1Cl)C(=O)CN1C(=O)c2ccccc2S1(=O)=O. The van der Waals surface area contributed by atoms with Crippen molar-refractivity contribution >= 4 is 50.9 Å². The van der Waals surface area contributed by atoms with Gasteiger partial charge in [-0.25, -0.2) is 12.7 Å².